The van der Waals surface area contributed by atoms with Gasteiger partial charge in [0, 0.05) is 27.7 Å². The van der Waals surface area contributed by atoms with Crippen molar-refractivity contribution < 1.29 is 4.42 Å². The van der Waals surface area contributed by atoms with Gasteiger partial charge in [-0.25, -0.2) is 0 Å². The van der Waals surface area contributed by atoms with Gasteiger partial charge in [0.15, 0.2) is 0 Å². The van der Waals surface area contributed by atoms with Crippen LogP contribution in [0.25, 0.3) is 66.1 Å². The summed E-state index contributed by atoms with van der Waals surface area (Å²) >= 11 is 0. The first-order valence-corrected chi connectivity index (χ1v) is 19.7. The molecule has 0 fully saturated rings. The van der Waals surface area contributed by atoms with Gasteiger partial charge in [-0.2, -0.15) is 0 Å². The smallest absolute Gasteiger partial charge is 0.136 e. The maximum absolute atomic E-state index is 6.31. The van der Waals surface area contributed by atoms with Crippen molar-refractivity contribution in [2.45, 2.75) is 52.4 Å². The fourth-order valence-electron chi connectivity index (χ4n) is 8.18. The predicted molar refractivity (Wildman–Crippen MR) is 240 cm³/mol. The summed E-state index contributed by atoms with van der Waals surface area (Å²) in [5.74, 6) is 0. The molecule has 0 bridgehead atoms. The van der Waals surface area contributed by atoms with Gasteiger partial charge in [0.1, 0.15) is 11.2 Å². The van der Waals surface area contributed by atoms with Gasteiger partial charge in [-0.3, -0.25) is 0 Å². The zero-order chi connectivity index (χ0) is 38.6. The number of hydrogen-bond acceptors (Lipinski definition) is 2. The molecular weight excluding hydrogens is 679 g/mol. The zero-order valence-corrected chi connectivity index (χ0v) is 33.1. The van der Waals surface area contributed by atoms with Crippen molar-refractivity contribution in [1.82, 2.24) is 0 Å². The van der Waals surface area contributed by atoms with Gasteiger partial charge >= 0.3 is 0 Å². The van der Waals surface area contributed by atoms with E-state index < -0.39 is 0 Å². The number of anilines is 3. The van der Waals surface area contributed by atoms with Crippen LogP contribution in [-0.2, 0) is 10.8 Å². The topological polar surface area (TPSA) is 16.4 Å². The minimum Gasteiger partial charge on any atom is -0.456 e. The Bertz CT molecular complexity index is 2840. The van der Waals surface area contributed by atoms with Crippen molar-refractivity contribution in [2.75, 3.05) is 4.90 Å². The third kappa shape index (κ3) is 6.35. The van der Waals surface area contributed by atoms with E-state index in [4.69, 9.17) is 4.42 Å². The molecule has 56 heavy (non-hydrogen) atoms. The van der Waals surface area contributed by atoms with E-state index in [0.29, 0.717) is 0 Å². The fraction of sp³-hybridized carbons (Fsp3) is 0.148. The number of hydrogen-bond donors (Lipinski definition) is 0. The average molecular weight is 726 g/mol. The van der Waals surface area contributed by atoms with E-state index in [1.165, 1.54) is 44.2 Å². The lowest BCUT2D eigenvalue weighted by Gasteiger charge is -2.29. The largest absolute Gasteiger partial charge is 0.456 e. The molecule has 274 valence electrons. The van der Waals surface area contributed by atoms with Gasteiger partial charge in [0.25, 0.3) is 0 Å². The second kappa shape index (κ2) is 13.7. The summed E-state index contributed by atoms with van der Waals surface area (Å²) in [7, 11) is 0. The van der Waals surface area contributed by atoms with E-state index in [2.05, 4.69) is 210 Å². The van der Waals surface area contributed by atoms with Crippen LogP contribution in [0.4, 0.5) is 17.1 Å². The number of rotatable bonds is 6. The monoisotopic (exact) mass is 725 g/mol. The molecule has 0 amide bonds. The van der Waals surface area contributed by atoms with Crippen molar-refractivity contribution in [1.29, 1.82) is 0 Å². The lowest BCUT2D eigenvalue weighted by atomic mass is 9.78. The van der Waals surface area contributed by atoms with Crippen LogP contribution < -0.4 is 4.90 Å². The van der Waals surface area contributed by atoms with Crippen molar-refractivity contribution in [3.8, 4) is 33.4 Å². The molecule has 0 saturated heterocycles. The average Bonchev–Trinajstić information content (AvgIpc) is 3.60. The minimum atomic E-state index is 0.0109. The van der Waals surface area contributed by atoms with E-state index in [-0.39, 0.29) is 10.8 Å². The van der Waals surface area contributed by atoms with Crippen molar-refractivity contribution in [3.05, 3.63) is 187 Å². The van der Waals surface area contributed by atoms with Gasteiger partial charge in [-0.1, -0.05) is 175 Å². The number of benzene rings is 8. The van der Waals surface area contributed by atoms with Crippen LogP contribution in [0, 0.1) is 0 Å². The summed E-state index contributed by atoms with van der Waals surface area (Å²) in [6, 6.07) is 64.0. The third-order valence-electron chi connectivity index (χ3n) is 11.1. The molecule has 0 unspecified atom stereocenters. The predicted octanol–water partition coefficient (Wildman–Crippen LogP) is 15.8. The lowest BCUT2D eigenvalue weighted by Crippen LogP contribution is -2.16. The normalized spacial score (nSPS) is 12.1. The SMILES string of the molecule is CC(C)(C)c1cc(-c2cccc3cccc(-c4ccccc4N(c4ccccc4)c4cccc(-c5cccc6oc7ccccc7c56)c4)c23)cc(C(C)(C)C)c1. The number of furan rings is 1. The Kier molecular flexibility index (Phi) is 8.66. The summed E-state index contributed by atoms with van der Waals surface area (Å²) < 4.78 is 6.31. The summed E-state index contributed by atoms with van der Waals surface area (Å²) in [6.07, 6.45) is 0. The summed E-state index contributed by atoms with van der Waals surface area (Å²) in [6.45, 7) is 13.9. The van der Waals surface area contributed by atoms with Gasteiger partial charge in [-0.05, 0) is 103 Å². The highest BCUT2D eigenvalue weighted by Gasteiger charge is 2.24. The Morgan fingerprint density at radius 3 is 1.68 bits per heavy atom. The van der Waals surface area contributed by atoms with Gasteiger partial charge < -0.3 is 9.32 Å². The van der Waals surface area contributed by atoms with Crippen LogP contribution in [0.15, 0.2) is 180 Å². The van der Waals surface area contributed by atoms with Crippen LogP contribution >= 0.6 is 0 Å². The van der Waals surface area contributed by atoms with Crippen molar-refractivity contribution in [3.63, 3.8) is 0 Å². The van der Waals surface area contributed by atoms with E-state index in [0.717, 1.165) is 50.1 Å². The zero-order valence-electron chi connectivity index (χ0n) is 33.1. The number of fused-ring (bicyclic) bond motifs is 4. The molecule has 2 nitrogen and oxygen atoms in total. The molecule has 9 rings (SSSR count). The minimum absolute atomic E-state index is 0.0109. The van der Waals surface area contributed by atoms with E-state index in [9.17, 15) is 0 Å². The third-order valence-corrected chi connectivity index (χ3v) is 11.1. The maximum atomic E-state index is 6.31. The van der Waals surface area contributed by atoms with Crippen LogP contribution in [0.3, 0.4) is 0 Å². The molecule has 8 aromatic carbocycles. The molecule has 1 aromatic heterocycles. The second-order valence-corrected chi connectivity index (χ2v) is 17.0. The molecule has 0 spiro atoms. The first kappa shape index (κ1) is 35.3. The fourth-order valence-corrected chi connectivity index (χ4v) is 8.18. The Hall–Kier alpha value is -6.38. The highest BCUT2D eigenvalue weighted by molar-refractivity contribution is 6.13. The molecule has 0 atom stereocenters. The Morgan fingerprint density at radius 1 is 0.393 bits per heavy atom. The summed E-state index contributed by atoms with van der Waals surface area (Å²) in [4.78, 5) is 2.41. The molecule has 0 aliphatic rings. The molecule has 9 aromatic rings. The van der Waals surface area contributed by atoms with E-state index in [1.54, 1.807) is 0 Å². The Morgan fingerprint density at radius 2 is 0.946 bits per heavy atom. The van der Waals surface area contributed by atoms with Crippen LogP contribution in [-0.4, -0.2) is 0 Å². The molecular formula is C54H47NO. The first-order chi connectivity index (χ1) is 27.0. The highest BCUT2D eigenvalue weighted by Crippen LogP contribution is 2.46. The van der Waals surface area contributed by atoms with Gasteiger partial charge in [-0.15, -0.1) is 0 Å². The molecule has 0 radical (unpaired) electrons. The highest BCUT2D eigenvalue weighted by atomic mass is 16.3. The number of nitrogens with zero attached hydrogens (tertiary/aromatic N) is 1. The van der Waals surface area contributed by atoms with Crippen LogP contribution in [0.2, 0.25) is 0 Å². The lowest BCUT2D eigenvalue weighted by molar-refractivity contribution is 0.569. The Balaban J connectivity index is 1.26. The molecule has 0 saturated carbocycles. The molecule has 1 heterocycles. The maximum Gasteiger partial charge on any atom is 0.136 e. The van der Waals surface area contributed by atoms with Crippen molar-refractivity contribution in [2.24, 2.45) is 0 Å². The first-order valence-electron chi connectivity index (χ1n) is 19.7. The summed E-state index contributed by atoms with van der Waals surface area (Å²) in [5.41, 5.74) is 15.0. The van der Waals surface area contributed by atoms with Gasteiger partial charge in [0.2, 0.25) is 0 Å². The van der Waals surface area contributed by atoms with Crippen LogP contribution in [0.1, 0.15) is 52.7 Å². The second-order valence-electron chi connectivity index (χ2n) is 17.0. The quantitative estimate of drug-likeness (QED) is 0.170. The van der Waals surface area contributed by atoms with Crippen molar-refractivity contribution >= 4 is 49.8 Å². The molecule has 0 aliphatic carbocycles. The number of para-hydroxylation sites is 3. The molecule has 0 aliphatic heterocycles. The van der Waals surface area contributed by atoms with E-state index >= 15 is 0 Å². The standard InChI is InChI=1S/C54H47NO/c1-53(2,3)39-32-38(33-40(35-39)54(4,5)6)44-26-15-18-36-19-16-28-46(51(36)44)45-24-10-12-29-48(45)55(41-21-8-7-9-22-41)42-23-14-20-37(34-42)43-27-17-31-50-52(43)47-25-11-13-30-49(47)56-50/h7-35H,1-6H3. The van der Waals surface area contributed by atoms with Crippen LogP contribution in [0.5, 0.6) is 0 Å². The van der Waals surface area contributed by atoms with E-state index in [1.807, 2.05) is 12.1 Å². The van der Waals surface area contributed by atoms with Gasteiger partial charge in [0.05, 0.1) is 5.69 Å². The molecule has 0 N–H and O–H groups in total. The summed E-state index contributed by atoms with van der Waals surface area (Å²) in [5, 5.41) is 4.75. The molecule has 2 heteroatoms. The Labute approximate surface area is 330 Å².